The number of hydrogen-bond acceptors (Lipinski definition) is 18. The van der Waals surface area contributed by atoms with Crippen LogP contribution in [0.5, 0.6) is 0 Å². The van der Waals surface area contributed by atoms with E-state index in [1.807, 2.05) is 0 Å². The van der Waals surface area contributed by atoms with E-state index in [2.05, 4.69) is 20.7 Å². The van der Waals surface area contributed by atoms with Gasteiger partial charge in [0.05, 0.1) is 61.8 Å². The second-order valence-corrected chi connectivity index (χ2v) is 16.1. The second kappa shape index (κ2) is 26.3. The van der Waals surface area contributed by atoms with Gasteiger partial charge in [0.1, 0.15) is 42.4 Å². The van der Waals surface area contributed by atoms with Crippen molar-refractivity contribution in [3.05, 3.63) is 87.1 Å². The number of halogens is 6. The Hall–Kier alpha value is -3.49. The predicted molar refractivity (Wildman–Crippen MR) is 216 cm³/mol. The number of aromatic amines is 1. The quantitative estimate of drug-likeness (QED) is 0.0436. The van der Waals surface area contributed by atoms with Gasteiger partial charge in [0.15, 0.2) is 6.29 Å². The normalized spacial score (nSPS) is 20.3. The van der Waals surface area contributed by atoms with Gasteiger partial charge in [-0.25, -0.2) is 9.36 Å². The zero-order chi connectivity index (χ0) is 50.3. The fourth-order valence-corrected chi connectivity index (χ4v) is 6.59. The van der Waals surface area contributed by atoms with Crippen LogP contribution in [-0.2, 0) is 32.9 Å². The van der Waals surface area contributed by atoms with Crippen LogP contribution in [0, 0.1) is 0 Å². The molecule has 15 N–H and O–H groups in total. The molecule has 378 valence electrons. The average molecular weight is 987 g/mol. The molecule has 2 heterocycles. The van der Waals surface area contributed by atoms with Gasteiger partial charge in [0.25, 0.3) is 0 Å². The van der Waals surface area contributed by atoms with Gasteiger partial charge in [0, 0.05) is 19.6 Å². The molecule has 1 saturated heterocycles. The van der Waals surface area contributed by atoms with E-state index in [-0.39, 0.29) is 54.7 Å². The summed E-state index contributed by atoms with van der Waals surface area (Å²) < 4.78 is 103. The number of ether oxygens (including phenoxy) is 2. The number of nitrogens with one attached hydrogen (secondary N) is 3. The van der Waals surface area contributed by atoms with Gasteiger partial charge < -0.3 is 81.0 Å². The van der Waals surface area contributed by atoms with Crippen molar-refractivity contribution in [3.63, 3.8) is 0 Å². The van der Waals surface area contributed by atoms with E-state index in [1.165, 1.54) is 6.92 Å². The van der Waals surface area contributed by atoms with Crippen LogP contribution in [0.1, 0.15) is 47.1 Å². The van der Waals surface area contributed by atoms with E-state index < -0.39 is 117 Å². The summed E-state index contributed by atoms with van der Waals surface area (Å²) in [4.78, 5) is 34.5. The molecule has 11 atom stereocenters. The first kappa shape index (κ1) is 58.6. The van der Waals surface area contributed by atoms with Crippen LogP contribution in [0.4, 0.5) is 26.3 Å². The summed E-state index contributed by atoms with van der Waals surface area (Å²) in [7, 11) is -1.88. The molecular formula is C37H57F6N6O16P. The fraction of sp³-hybridized carbons (Fsp3) is 0.622. The lowest BCUT2D eigenvalue weighted by molar-refractivity contribution is -0.231. The first-order chi connectivity index (χ1) is 30.6. The summed E-state index contributed by atoms with van der Waals surface area (Å²) in [5.74, 6) is -0.101. The maximum Gasteiger partial charge on any atom is 0.454 e. The number of hydrogen-bond donors (Lipinski definition) is 15. The number of likely N-dealkylation sites (N-methyl/N-ethyl adjacent to an activating group) is 2. The van der Waals surface area contributed by atoms with Crippen molar-refractivity contribution in [1.82, 2.24) is 30.1 Å². The molecule has 0 radical (unpaired) electrons. The van der Waals surface area contributed by atoms with E-state index in [9.17, 15) is 55.7 Å². The first-order valence-electron chi connectivity index (χ1n) is 19.7. The molecule has 3 aromatic rings. The molecule has 0 spiro atoms. The lowest BCUT2D eigenvalue weighted by Gasteiger charge is -2.41. The molecule has 29 heteroatoms. The summed E-state index contributed by atoms with van der Waals surface area (Å²) in [5, 5.41) is 98.6. The van der Waals surface area contributed by atoms with Gasteiger partial charge in [-0.15, -0.1) is 9.55 Å². The van der Waals surface area contributed by atoms with Crippen molar-refractivity contribution < 1.29 is 101 Å². The number of aromatic nitrogens is 3. The van der Waals surface area contributed by atoms with E-state index in [0.29, 0.717) is 17.7 Å². The molecule has 1 fully saturated rings. The van der Waals surface area contributed by atoms with Crippen molar-refractivity contribution in [2.24, 2.45) is 0 Å². The zero-order valence-corrected chi connectivity index (χ0v) is 36.4. The number of alkyl halides is 6. The predicted octanol–water partition coefficient (Wildman–Crippen LogP) is -2.49. The van der Waals surface area contributed by atoms with Crippen molar-refractivity contribution in [2.45, 2.75) is 93.1 Å². The Morgan fingerprint density at radius 3 is 1.65 bits per heavy atom. The molecule has 4 rings (SSSR count). The van der Waals surface area contributed by atoms with Gasteiger partial charge in [-0.05, 0) is 50.3 Å². The highest BCUT2D eigenvalue weighted by Gasteiger charge is 2.40. The minimum Gasteiger partial charge on any atom is -0.394 e. The minimum atomic E-state index is -5.03. The highest BCUT2D eigenvalue weighted by Crippen LogP contribution is 2.40. The number of morpholine rings is 1. The molecule has 2 aromatic carbocycles. The van der Waals surface area contributed by atoms with E-state index in [1.54, 1.807) is 49.3 Å². The van der Waals surface area contributed by atoms with Crippen molar-refractivity contribution >= 4 is 7.75 Å². The molecule has 1 aliphatic heterocycles. The highest BCUT2D eigenvalue weighted by molar-refractivity contribution is 7.49. The molecule has 0 amide bonds. The largest absolute Gasteiger partial charge is 0.454 e. The summed E-state index contributed by atoms with van der Waals surface area (Å²) in [6, 6.07) is 8.87. The van der Waals surface area contributed by atoms with E-state index >= 15 is 0 Å². The second-order valence-electron chi connectivity index (χ2n) is 14.7. The number of H-pyrrole nitrogens is 1. The lowest BCUT2D eigenvalue weighted by Crippen LogP contribution is -2.48. The SMILES string of the molecule is CNC[C@H](O)[C@@H](O)[C@H](O)[C@H](O)CO.CNC[C@H](O)[C@@H](O)[C@H](O)[C@H](O)CO.C[C@H](O[C@H]1OCCN(Cc2nn(P(=O)(O)O)c(=O)[nH]2)[C@H]1c1ccccc1)c1cc(C(F)(F)F)cc(C(F)(F)F)c1. The third-order valence-corrected chi connectivity index (χ3v) is 10.4. The van der Waals surface area contributed by atoms with Crippen LogP contribution in [0.3, 0.4) is 0 Å². The Bertz CT molecular complexity index is 1920. The van der Waals surface area contributed by atoms with Crippen molar-refractivity contribution in [1.29, 1.82) is 0 Å². The fourth-order valence-electron chi connectivity index (χ4n) is 6.08. The Balaban J connectivity index is 0.000000470. The summed E-state index contributed by atoms with van der Waals surface area (Å²) >= 11 is 0. The van der Waals surface area contributed by atoms with Crippen LogP contribution in [0.15, 0.2) is 53.3 Å². The van der Waals surface area contributed by atoms with Gasteiger partial charge in [-0.2, -0.15) is 26.3 Å². The Labute approximate surface area is 372 Å². The summed E-state index contributed by atoms with van der Waals surface area (Å²) in [6.45, 7) is 0.225. The van der Waals surface area contributed by atoms with Crippen LogP contribution in [-0.4, -0.2) is 189 Å². The smallest absolute Gasteiger partial charge is 0.394 e. The molecule has 1 aromatic heterocycles. The van der Waals surface area contributed by atoms with Crippen molar-refractivity contribution in [3.8, 4) is 0 Å². The number of benzene rings is 2. The zero-order valence-electron chi connectivity index (χ0n) is 35.5. The van der Waals surface area contributed by atoms with Gasteiger partial charge >= 0.3 is 25.8 Å². The summed E-state index contributed by atoms with van der Waals surface area (Å²) in [6.07, 6.45) is -23.8. The summed E-state index contributed by atoms with van der Waals surface area (Å²) in [5.41, 5.74) is -3.89. The molecule has 0 saturated carbocycles. The van der Waals surface area contributed by atoms with Gasteiger partial charge in [0.2, 0.25) is 0 Å². The van der Waals surface area contributed by atoms with Crippen LogP contribution in [0.2, 0.25) is 0 Å². The number of nitrogens with zero attached hydrogens (tertiary/aromatic N) is 3. The topological polar surface area (TPSA) is 356 Å². The molecule has 66 heavy (non-hydrogen) atoms. The Morgan fingerprint density at radius 2 is 1.26 bits per heavy atom. The standard InChI is InChI=1S/C23H23F6N4O6P.2C7H17NO5/c1-13(15-9-16(22(24,25)26)11-17(10-15)23(27,28)29)39-20-19(14-5-3-2-4-6-14)32(7-8-38-20)12-18-30-21(34)33(31-18)40(35,36)37;2*1-8-2-4(10)6(12)7(13)5(11)3-9/h2-6,9-11,13,19-20H,7-8,12H2,1H3,(H,30,31,34)(H2,35,36,37);2*4-13H,2-3H2,1H3/t13-,19-,20+;2*4-,5+,6+,7+/m000/s1. The Kier molecular flexibility index (Phi) is 23.4. The van der Waals surface area contributed by atoms with Gasteiger partial charge in [-0.3, -0.25) is 9.88 Å². The van der Waals surface area contributed by atoms with Crippen LogP contribution >= 0.6 is 7.75 Å². The Morgan fingerprint density at radius 1 is 0.803 bits per heavy atom. The monoisotopic (exact) mass is 986 g/mol. The maximum absolute atomic E-state index is 13.4. The van der Waals surface area contributed by atoms with Gasteiger partial charge in [-0.1, -0.05) is 30.3 Å². The first-order valence-corrected chi connectivity index (χ1v) is 21.2. The maximum atomic E-state index is 13.4. The molecule has 0 unspecified atom stereocenters. The highest BCUT2D eigenvalue weighted by atomic mass is 31.2. The van der Waals surface area contributed by atoms with E-state index in [0.717, 1.165) is 0 Å². The van der Waals surface area contributed by atoms with Crippen molar-refractivity contribution in [2.75, 3.05) is 53.6 Å². The molecule has 1 aliphatic rings. The van der Waals surface area contributed by atoms with E-state index in [4.69, 9.17) is 50.3 Å². The van der Waals surface area contributed by atoms with Crippen LogP contribution in [0.25, 0.3) is 0 Å². The minimum absolute atomic E-state index is 0.00222. The number of aliphatic hydroxyl groups excluding tert-OH is 10. The molecule has 0 aliphatic carbocycles. The molecule has 0 bridgehead atoms. The average Bonchev–Trinajstić information content (AvgIpc) is 3.65. The molecular weight excluding hydrogens is 929 g/mol. The molecule has 22 nitrogen and oxygen atoms in total. The lowest BCUT2D eigenvalue weighted by atomic mass is 10.0. The third-order valence-electron chi connectivity index (χ3n) is 9.60. The third kappa shape index (κ3) is 17.5. The van der Waals surface area contributed by atoms with Crippen LogP contribution < -0.4 is 16.3 Å². The number of aliphatic hydroxyl groups is 10. The number of rotatable bonds is 19.